The summed E-state index contributed by atoms with van der Waals surface area (Å²) in [5, 5.41) is 3.01. The summed E-state index contributed by atoms with van der Waals surface area (Å²) in [6, 6.07) is 6.06. The SMILES string of the molecule is CCc1cccc(C)c1NC(=O)C(N)(CC)CC. The van der Waals surface area contributed by atoms with Crippen LogP contribution < -0.4 is 11.1 Å². The maximum atomic E-state index is 12.3. The number of aryl methyl sites for hydroxylation is 2. The van der Waals surface area contributed by atoms with E-state index in [2.05, 4.69) is 12.2 Å². The van der Waals surface area contributed by atoms with Crippen LogP contribution in [0.5, 0.6) is 0 Å². The fourth-order valence-corrected chi connectivity index (χ4v) is 2.01. The molecule has 0 aromatic heterocycles. The molecule has 3 nitrogen and oxygen atoms in total. The summed E-state index contributed by atoms with van der Waals surface area (Å²) < 4.78 is 0. The van der Waals surface area contributed by atoms with E-state index in [-0.39, 0.29) is 5.91 Å². The monoisotopic (exact) mass is 248 g/mol. The van der Waals surface area contributed by atoms with Gasteiger partial charge in [-0.05, 0) is 37.3 Å². The molecule has 0 heterocycles. The number of carbonyl (C=O) groups excluding carboxylic acids is 1. The van der Waals surface area contributed by atoms with Crippen LogP contribution in [0.2, 0.25) is 0 Å². The van der Waals surface area contributed by atoms with E-state index in [1.165, 1.54) is 0 Å². The molecule has 0 saturated carbocycles. The summed E-state index contributed by atoms with van der Waals surface area (Å²) in [4.78, 5) is 12.3. The molecular formula is C15H24N2O. The highest BCUT2D eigenvalue weighted by Crippen LogP contribution is 2.23. The molecule has 0 saturated heterocycles. The minimum Gasteiger partial charge on any atom is -0.324 e. The minimum absolute atomic E-state index is 0.0866. The number of anilines is 1. The van der Waals surface area contributed by atoms with Gasteiger partial charge in [0.2, 0.25) is 5.91 Å². The summed E-state index contributed by atoms with van der Waals surface area (Å²) in [6.07, 6.45) is 2.18. The lowest BCUT2D eigenvalue weighted by molar-refractivity contribution is -0.121. The Labute approximate surface area is 110 Å². The van der Waals surface area contributed by atoms with Gasteiger partial charge in [-0.15, -0.1) is 0 Å². The van der Waals surface area contributed by atoms with E-state index in [1.807, 2.05) is 39.0 Å². The third kappa shape index (κ3) is 2.91. The van der Waals surface area contributed by atoms with Crippen LogP contribution >= 0.6 is 0 Å². The van der Waals surface area contributed by atoms with Gasteiger partial charge in [0.1, 0.15) is 0 Å². The molecule has 18 heavy (non-hydrogen) atoms. The van der Waals surface area contributed by atoms with E-state index in [4.69, 9.17) is 5.73 Å². The summed E-state index contributed by atoms with van der Waals surface area (Å²) in [5.41, 5.74) is 8.50. The number of nitrogens with one attached hydrogen (secondary N) is 1. The Morgan fingerprint density at radius 1 is 1.28 bits per heavy atom. The quantitative estimate of drug-likeness (QED) is 0.841. The van der Waals surface area contributed by atoms with Crippen molar-refractivity contribution in [2.75, 3.05) is 5.32 Å². The van der Waals surface area contributed by atoms with Gasteiger partial charge in [-0.25, -0.2) is 0 Å². The van der Waals surface area contributed by atoms with Crippen LogP contribution in [0, 0.1) is 6.92 Å². The van der Waals surface area contributed by atoms with Gasteiger partial charge in [-0.2, -0.15) is 0 Å². The molecule has 0 aliphatic rings. The lowest BCUT2D eigenvalue weighted by atomic mass is 9.92. The van der Waals surface area contributed by atoms with Gasteiger partial charge < -0.3 is 11.1 Å². The Hall–Kier alpha value is -1.35. The van der Waals surface area contributed by atoms with Crippen molar-refractivity contribution in [3.05, 3.63) is 29.3 Å². The maximum Gasteiger partial charge on any atom is 0.244 e. The van der Waals surface area contributed by atoms with Gasteiger partial charge in [0, 0.05) is 5.69 Å². The highest BCUT2D eigenvalue weighted by atomic mass is 16.2. The number of rotatable bonds is 5. The van der Waals surface area contributed by atoms with Crippen LogP contribution in [0.1, 0.15) is 44.7 Å². The highest BCUT2D eigenvalue weighted by molar-refractivity contribution is 5.99. The molecule has 0 aliphatic heterocycles. The van der Waals surface area contributed by atoms with Crippen LogP contribution in [0.4, 0.5) is 5.69 Å². The molecule has 0 unspecified atom stereocenters. The van der Waals surface area contributed by atoms with Gasteiger partial charge in [-0.1, -0.05) is 39.0 Å². The average Bonchev–Trinajstić information content (AvgIpc) is 2.39. The maximum absolute atomic E-state index is 12.3. The van der Waals surface area contributed by atoms with Crippen molar-refractivity contribution in [2.24, 2.45) is 5.73 Å². The Kier molecular flexibility index (Phi) is 4.91. The molecule has 1 rings (SSSR count). The molecule has 0 aliphatic carbocycles. The Morgan fingerprint density at radius 3 is 2.39 bits per heavy atom. The normalized spacial score (nSPS) is 11.4. The first-order valence-corrected chi connectivity index (χ1v) is 6.67. The number of hydrogen-bond donors (Lipinski definition) is 2. The molecule has 1 aromatic rings. The largest absolute Gasteiger partial charge is 0.324 e. The van der Waals surface area contributed by atoms with Gasteiger partial charge in [0.25, 0.3) is 0 Å². The molecule has 1 amide bonds. The Balaban J connectivity index is 3.01. The molecule has 0 atom stereocenters. The molecule has 100 valence electrons. The summed E-state index contributed by atoms with van der Waals surface area (Å²) >= 11 is 0. The van der Waals surface area contributed by atoms with Gasteiger partial charge in [0.15, 0.2) is 0 Å². The number of benzene rings is 1. The second-order valence-corrected chi connectivity index (χ2v) is 4.78. The van der Waals surface area contributed by atoms with E-state index in [1.54, 1.807) is 0 Å². The van der Waals surface area contributed by atoms with Crippen LogP contribution in [-0.2, 0) is 11.2 Å². The summed E-state index contributed by atoms with van der Waals surface area (Å²) in [7, 11) is 0. The summed E-state index contributed by atoms with van der Waals surface area (Å²) in [5.74, 6) is -0.0866. The first-order chi connectivity index (χ1) is 8.48. The van der Waals surface area contributed by atoms with Gasteiger partial charge in [-0.3, -0.25) is 4.79 Å². The molecule has 3 N–H and O–H groups in total. The lowest BCUT2D eigenvalue weighted by Gasteiger charge is -2.26. The lowest BCUT2D eigenvalue weighted by Crippen LogP contribution is -2.50. The third-order valence-corrected chi connectivity index (χ3v) is 3.69. The van der Waals surface area contributed by atoms with Crippen molar-refractivity contribution in [3.63, 3.8) is 0 Å². The fraction of sp³-hybridized carbons (Fsp3) is 0.533. The number of para-hydroxylation sites is 1. The first kappa shape index (κ1) is 14.7. The zero-order valence-corrected chi connectivity index (χ0v) is 11.8. The van der Waals surface area contributed by atoms with Crippen LogP contribution in [0.25, 0.3) is 0 Å². The Morgan fingerprint density at radius 2 is 1.89 bits per heavy atom. The molecule has 0 fully saturated rings. The first-order valence-electron chi connectivity index (χ1n) is 6.67. The highest BCUT2D eigenvalue weighted by Gasteiger charge is 2.30. The van der Waals surface area contributed by atoms with Crippen LogP contribution in [-0.4, -0.2) is 11.4 Å². The van der Waals surface area contributed by atoms with Crippen molar-refractivity contribution >= 4 is 11.6 Å². The number of carbonyl (C=O) groups is 1. The summed E-state index contributed by atoms with van der Waals surface area (Å²) in [6.45, 7) is 7.98. The molecule has 0 bridgehead atoms. The van der Waals surface area contributed by atoms with Crippen molar-refractivity contribution < 1.29 is 4.79 Å². The molecule has 3 heteroatoms. The van der Waals surface area contributed by atoms with E-state index in [0.29, 0.717) is 12.8 Å². The zero-order valence-electron chi connectivity index (χ0n) is 11.8. The predicted molar refractivity (Wildman–Crippen MR) is 76.7 cm³/mol. The smallest absolute Gasteiger partial charge is 0.244 e. The fourth-order valence-electron chi connectivity index (χ4n) is 2.01. The second-order valence-electron chi connectivity index (χ2n) is 4.78. The topological polar surface area (TPSA) is 55.1 Å². The third-order valence-electron chi connectivity index (χ3n) is 3.69. The molecular weight excluding hydrogens is 224 g/mol. The van der Waals surface area contributed by atoms with E-state index < -0.39 is 5.54 Å². The number of nitrogens with two attached hydrogens (primary N) is 1. The van der Waals surface area contributed by atoms with Crippen molar-refractivity contribution in [2.45, 2.75) is 52.5 Å². The van der Waals surface area contributed by atoms with E-state index in [9.17, 15) is 4.79 Å². The van der Waals surface area contributed by atoms with Gasteiger partial charge in [0.05, 0.1) is 5.54 Å². The average molecular weight is 248 g/mol. The minimum atomic E-state index is -0.771. The molecule has 0 spiro atoms. The Bertz CT molecular complexity index is 423. The molecule has 0 radical (unpaired) electrons. The second kappa shape index (κ2) is 6.01. The number of hydrogen-bond acceptors (Lipinski definition) is 2. The van der Waals surface area contributed by atoms with E-state index >= 15 is 0 Å². The van der Waals surface area contributed by atoms with E-state index in [0.717, 1.165) is 23.2 Å². The predicted octanol–water partition coefficient (Wildman–Crippen LogP) is 3.01. The van der Waals surface area contributed by atoms with Crippen molar-refractivity contribution in [1.82, 2.24) is 0 Å². The van der Waals surface area contributed by atoms with Crippen molar-refractivity contribution in [1.29, 1.82) is 0 Å². The van der Waals surface area contributed by atoms with Crippen molar-refractivity contribution in [3.8, 4) is 0 Å². The molecule has 1 aromatic carbocycles. The van der Waals surface area contributed by atoms with Crippen LogP contribution in [0.3, 0.4) is 0 Å². The number of amides is 1. The zero-order chi connectivity index (χ0) is 13.8. The van der Waals surface area contributed by atoms with Crippen LogP contribution in [0.15, 0.2) is 18.2 Å². The van der Waals surface area contributed by atoms with Gasteiger partial charge >= 0.3 is 0 Å². The standard InChI is InChI=1S/C15H24N2O/c1-5-12-10-8-9-11(4)13(12)17-14(18)15(16,6-2)7-3/h8-10H,5-7,16H2,1-4H3,(H,17,18).